The summed E-state index contributed by atoms with van der Waals surface area (Å²) in [5.41, 5.74) is -0.197. The Morgan fingerprint density at radius 2 is 1.92 bits per heavy atom. The van der Waals surface area contributed by atoms with Crippen LogP contribution in [0.2, 0.25) is 0 Å². The van der Waals surface area contributed by atoms with Gasteiger partial charge in [-0.25, -0.2) is 0 Å². The van der Waals surface area contributed by atoms with Gasteiger partial charge in [0.2, 0.25) is 5.91 Å². The largest absolute Gasteiger partial charge is 0.363 e. The Morgan fingerprint density at radius 1 is 1.28 bits per heavy atom. The van der Waals surface area contributed by atoms with E-state index in [-0.39, 0.29) is 17.7 Å². The van der Waals surface area contributed by atoms with Crippen molar-refractivity contribution in [2.24, 2.45) is 5.92 Å². The maximum absolute atomic E-state index is 13.1. The number of likely N-dealkylation sites (tertiary alicyclic amines) is 1. The van der Waals surface area contributed by atoms with E-state index in [9.17, 15) is 4.79 Å². The van der Waals surface area contributed by atoms with Crippen molar-refractivity contribution < 1.29 is 4.79 Å². The lowest BCUT2D eigenvalue weighted by atomic mass is 9.94. The number of carbonyl (C=O) groups is 1. The van der Waals surface area contributed by atoms with Crippen LogP contribution in [-0.2, 0) is 4.79 Å². The monoisotopic (exact) mass is 368 g/mol. The van der Waals surface area contributed by atoms with Gasteiger partial charge in [-0.1, -0.05) is 34.1 Å². The summed E-state index contributed by atoms with van der Waals surface area (Å²) in [7, 11) is 0. The number of thiocarbonyl (C=S) groups is 1. The topological polar surface area (TPSA) is 47.6 Å². The molecular formula is C19H36N4OS. The van der Waals surface area contributed by atoms with Gasteiger partial charge < -0.3 is 15.1 Å². The van der Waals surface area contributed by atoms with Gasteiger partial charge in [-0.05, 0) is 37.9 Å². The molecule has 3 atom stereocenters. The van der Waals surface area contributed by atoms with Crippen molar-refractivity contribution in [2.75, 3.05) is 19.6 Å². The Morgan fingerprint density at radius 3 is 2.44 bits per heavy atom. The molecule has 0 aromatic carbocycles. The van der Waals surface area contributed by atoms with E-state index in [1.165, 1.54) is 0 Å². The van der Waals surface area contributed by atoms with E-state index >= 15 is 0 Å². The fourth-order valence-electron chi connectivity index (χ4n) is 4.03. The minimum Gasteiger partial charge on any atom is -0.363 e. The second kappa shape index (κ2) is 8.67. The van der Waals surface area contributed by atoms with Crippen LogP contribution in [0.5, 0.6) is 0 Å². The van der Waals surface area contributed by atoms with Crippen LogP contribution in [0.4, 0.5) is 0 Å². The van der Waals surface area contributed by atoms with Crippen molar-refractivity contribution in [3.8, 4) is 0 Å². The first-order valence-electron chi connectivity index (χ1n) is 10.0. The van der Waals surface area contributed by atoms with Crippen LogP contribution < -0.4 is 10.6 Å². The average molecular weight is 369 g/mol. The third-order valence-electron chi connectivity index (χ3n) is 6.04. The third-order valence-corrected chi connectivity index (χ3v) is 6.44. The fourth-order valence-corrected chi connectivity index (χ4v) is 4.32. The highest BCUT2D eigenvalue weighted by Crippen LogP contribution is 2.36. The van der Waals surface area contributed by atoms with E-state index in [1.807, 2.05) is 0 Å². The highest BCUT2D eigenvalue weighted by molar-refractivity contribution is 7.80. The zero-order chi connectivity index (χ0) is 18.6. The van der Waals surface area contributed by atoms with E-state index in [1.54, 1.807) is 0 Å². The highest BCUT2D eigenvalue weighted by Gasteiger charge is 2.53. The fraction of sp³-hybridized carbons (Fsp3) is 0.895. The number of rotatable bonds is 6. The Balaban J connectivity index is 2.12. The van der Waals surface area contributed by atoms with Crippen molar-refractivity contribution in [1.82, 2.24) is 20.4 Å². The van der Waals surface area contributed by atoms with Crippen molar-refractivity contribution in [3.63, 3.8) is 0 Å². The van der Waals surface area contributed by atoms with Crippen molar-refractivity contribution in [2.45, 2.75) is 84.5 Å². The molecule has 2 rings (SSSR count). The summed E-state index contributed by atoms with van der Waals surface area (Å²) in [6.45, 7) is 13.6. The van der Waals surface area contributed by atoms with Crippen LogP contribution in [0.15, 0.2) is 0 Å². The minimum absolute atomic E-state index is 0.0456. The molecule has 2 aliphatic rings. The summed E-state index contributed by atoms with van der Waals surface area (Å²) in [6.07, 6.45) is 4.95. The molecule has 6 heteroatoms. The van der Waals surface area contributed by atoms with Gasteiger partial charge in [0, 0.05) is 38.5 Å². The molecule has 5 nitrogen and oxygen atoms in total. The molecule has 0 aliphatic carbocycles. The second-order valence-electron chi connectivity index (χ2n) is 7.72. The number of carbonyl (C=O) groups excluding carboxylic acids is 1. The molecule has 0 aromatic heterocycles. The molecule has 2 N–H and O–H groups in total. The molecule has 1 spiro atoms. The van der Waals surface area contributed by atoms with Crippen molar-refractivity contribution >= 4 is 23.2 Å². The number of piperidine rings is 1. The van der Waals surface area contributed by atoms with Crippen LogP contribution in [0, 0.1) is 5.92 Å². The number of hydrogen-bond donors (Lipinski definition) is 2. The lowest BCUT2D eigenvalue weighted by molar-refractivity contribution is -0.136. The molecule has 25 heavy (non-hydrogen) atoms. The average Bonchev–Trinajstić information content (AvgIpc) is 2.91. The molecule has 2 fully saturated rings. The molecule has 0 aromatic rings. The molecule has 144 valence electrons. The van der Waals surface area contributed by atoms with E-state index in [4.69, 9.17) is 12.2 Å². The number of hydrogen-bond acceptors (Lipinski definition) is 3. The minimum atomic E-state index is -0.197. The molecule has 0 radical (unpaired) electrons. The normalized spacial score (nSPS) is 25.3. The maximum Gasteiger partial charge on any atom is 0.241 e. The summed E-state index contributed by atoms with van der Waals surface area (Å²) in [5.74, 6) is 0.660. The summed E-state index contributed by atoms with van der Waals surface area (Å²) in [4.78, 5) is 17.6. The first-order chi connectivity index (χ1) is 11.9. The third kappa shape index (κ3) is 4.11. The Labute approximate surface area is 158 Å². The smallest absolute Gasteiger partial charge is 0.241 e. The molecule has 0 bridgehead atoms. The van der Waals surface area contributed by atoms with E-state index in [0.29, 0.717) is 11.8 Å². The van der Waals surface area contributed by atoms with Crippen molar-refractivity contribution in [3.05, 3.63) is 0 Å². The molecular weight excluding hydrogens is 332 g/mol. The molecule has 2 aliphatic heterocycles. The number of nitrogens with zero attached hydrogens (tertiary/aromatic N) is 2. The summed E-state index contributed by atoms with van der Waals surface area (Å²) >= 11 is 5.53. The van der Waals surface area contributed by atoms with Crippen LogP contribution in [-0.4, -0.2) is 58.2 Å². The van der Waals surface area contributed by atoms with Gasteiger partial charge in [0.1, 0.15) is 0 Å². The van der Waals surface area contributed by atoms with Crippen LogP contribution in [0.3, 0.4) is 0 Å². The molecule has 0 unspecified atom stereocenters. The van der Waals surface area contributed by atoms with Gasteiger partial charge in [0.15, 0.2) is 5.11 Å². The molecule has 2 heterocycles. The Bertz CT molecular complexity index is 476. The van der Waals surface area contributed by atoms with Gasteiger partial charge >= 0.3 is 0 Å². The zero-order valence-corrected chi connectivity index (χ0v) is 17.4. The summed E-state index contributed by atoms with van der Waals surface area (Å²) in [5, 5.41) is 7.94. The van der Waals surface area contributed by atoms with E-state index in [0.717, 1.165) is 56.9 Å². The van der Waals surface area contributed by atoms with Gasteiger partial charge in [0.25, 0.3) is 0 Å². The standard InChI is InChI=1S/C19H36N4OS/c1-6-11-20-18(25)22-12-9-19(10-13-22)21-16(14(4)7-2)17(24)23(19)15(5)8-3/h14-16,21H,6-13H2,1-5H3,(H,20,25)/t14-,15-,16-/m1/s1. The van der Waals surface area contributed by atoms with Crippen LogP contribution in [0.1, 0.15) is 66.7 Å². The first-order valence-corrected chi connectivity index (χ1v) is 10.4. The van der Waals surface area contributed by atoms with Crippen molar-refractivity contribution in [1.29, 1.82) is 0 Å². The SMILES string of the molecule is CCCNC(=S)N1CCC2(CC1)N[C@H]([C@H](C)CC)C(=O)N2[C@H](C)CC. The number of amides is 1. The van der Waals surface area contributed by atoms with Gasteiger partial charge in [0.05, 0.1) is 11.7 Å². The van der Waals surface area contributed by atoms with Gasteiger partial charge in [-0.15, -0.1) is 0 Å². The molecule has 2 saturated heterocycles. The summed E-state index contributed by atoms with van der Waals surface area (Å²) < 4.78 is 0. The Hall–Kier alpha value is -0.880. The lowest BCUT2D eigenvalue weighted by Gasteiger charge is -2.47. The zero-order valence-electron chi connectivity index (χ0n) is 16.6. The second-order valence-corrected chi connectivity index (χ2v) is 8.11. The van der Waals surface area contributed by atoms with Gasteiger partial charge in [-0.2, -0.15) is 0 Å². The Kier molecular flexibility index (Phi) is 7.09. The predicted molar refractivity (Wildman–Crippen MR) is 107 cm³/mol. The maximum atomic E-state index is 13.1. The molecule has 0 saturated carbocycles. The van der Waals surface area contributed by atoms with Crippen LogP contribution >= 0.6 is 12.2 Å². The number of nitrogens with one attached hydrogen (secondary N) is 2. The summed E-state index contributed by atoms with van der Waals surface area (Å²) in [6, 6.07) is 0.224. The predicted octanol–water partition coefficient (Wildman–Crippen LogP) is 2.71. The molecule has 1 amide bonds. The van der Waals surface area contributed by atoms with Crippen LogP contribution in [0.25, 0.3) is 0 Å². The van der Waals surface area contributed by atoms with Gasteiger partial charge in [-0.3, -0.25) is 10.1 Å². The first kappa shape index (κ1) is 20.4. The van der Waals surface area contributed by atoms with E-state index < -0.39 is 0 Å². The van der Waals surface area contributed by atoms with E-state index in [2.05, 4.69) is 55.1 Å². The highest BCUT2D eigenvalue weighted by atomic mass is 32.1. The quantitative estimate of drug-likeness (QED) is 0.706. The lowest BCUT2D eigenvalue weighted by Crippen LogP contribution is -2.62.